The summed E-state index contributed by atoms with van der Waals surface area (Å²) in [5.74, 6) is 3.49. The number of alkyl halides is 1. The minimum Gasteiger partial charge on any atom is -0.465 e. The zero-order valence-corrected chi connectivity index (χ0v) is 23.4. The van der Waals surface area contributed by atoms with Crippen molar-refractivity contribution in [2.45, 2.75) is 142 Å². The predicted molar refractivity (Wildman–Crippen MR) is 144 cm³/mol. The molecule has 0 aromatic heterocycles. The maximum atomic E-state index is 12.8. The molecule has 0 aromatic rings. The highest BCUT2D eigenvalue weighted by Gasteiger charge is 2.56. The van der Waals surface area contributed by atoms with Gasteiger partial charge in [-0.1, -0.05) is 93.5 Å². The molecule has 3 atom stereocenters. The Labute approximate surface area is 213 Å². The first-order chi connectivity index (χ1) is 16.2. The molecule has 0 saturated heterocycles. The first-order valence-corrected chi connectivity index (χ1v) is 16.0. The van der Waals surface area contributed by atoms with Gasteiger partial charge in [-0.25, -0.2) is 0 Å². The van der Waals surface area contributed by atoms with Crippen LogP contribution in [0.4, 0.5) is 0 Å². The Kier molecular flexibility index (Phi) is 12.6. The van der Waals surface area contributed by atoms with Gasteiger partial charge in [0.05, 0.1) is 12.5 Å². The van der Waals surface area contributed by atoms with Gasteiger partial charge in [-0.2, -0.15) is 0 Å². The van der Waals surface area contributed by atoms with E-state index in [1.165, 1.54) is 83.5 Å². The maximum Gasteiger partial charge on any atom is 0.308 e. The van der Waals surface area contributed by atoms with Crippen molar-refractivity contribution in [1.29, 1.82) is 0 Å². The number of esters is 1. The van der Waals surface area contributed by atoms with E-state index in [2.05, 4.69) is 22.9 Å². The number of hydrogen-bond donors (Lipinski definition) is 0. The highest BCUT2D eigenvalue weighted by Crippen LogP contribution is 2.67. The lowest BCUT2D eigenvalue weighted by molar-refractivity contribution is -0.149. The molecule has 2 nitrogen and oxygen atoms in total. The Balaban J connectivity index is 1.32. The zero-order chi connectivity index (χ0) is 23.4. The lowest BCUT2D eigenvalue weighted by atomic mass is 9.72. The second-order valence-electron chi connectivity index (χ2n) is 12.0. The molecule has 192 valence electrons. The Bertz CT molecular complexity index is 533. The molecule has 0 heterocycles. The van der Waals surface area contributed by atoms with Crippen molar-refractivity contribution < 1.29 is 9.53 Å². The van der Waals surface area contributed by atoms with Crippen molar-refractivity contribution in [3.63, 3.8) is 0 Å². The van der Waals surface area contributed by atoms with Crippen molar-refractivity contribution in [2.24, 2.45) is 29.1 Å². The van der Waals surface area contributed by atoms with Crippen LogP contribution in [0.3, 0.4) is 0 Å². The van der Waals surface area contributed by atoms with Crippen molar-refractivity contribution in [3.05, 3.63) is 0 Å². The molecule has 0 aliphatic heterocycles. The minimum absolute atomic E-state index is 0.106. The third-order valence-electron chi connectivity index (χ3n) is 9.40. The number of unbranched alkanes of at least 4 members (excludes halogenated alkanes) is 10. The summed E-state index contributed by atoms with van der Waals surface area (Å²) < 4.78 is 5.74. The van der Waals surface area contributed by atoms with Crippen LogP contribution >= 0.6 is 15.9 Å². The van der Waals surface area contributed by atoms with Gasteiger partial charge in [0.1, 0.15) is 0 Å². The zero-order valence-electron chi connectivity index (χ0n) is 21.8. The summed E-state index contributed by atoms with van der Waals surface area (Å²) in [5.41, 5.74) is 0.749. The Morgan fingerprint density at radius 1 is 0.818 bits per heavy atom. The van der Waals surface area contributed by atoms with Crippen molar-refractivity contribution in [2.75, 3.05) is 11.9 Å². The second kappa shape index (κ2) is 15.1. The normalized spacial score (nSPS) is 28.5. The van der Waals surface area contributed by atoms with E-state index in [9.17, 15) is 4.79 Å². The van der Waals surface area contributed by atoms with Gasteiger partial charge in [0.2, 0.25) is 0 Å². The van der Waals surface area contributed by atoms with Gasteiger partial charge in [-0.05, 0) is 87.4 Å². The molecular formula is C30H53BrO2. The summed E-state index contributed by atoms with van der Waals surface area (Å²) in [6, 6.07) is 0. The molecule has 4 saturated carbocycles. The lowest BCUT2D eigenvalue weighted by Gasteiger charge is -2.33. The SMILES string of the molecule is CCCCCCCCC(CCCCCC12CC3CC(CC1C3)C2)C(=O)OCCCCCCBr. The molecule has 3 unspecified atom stereocenters. The van der Waals surface area contributed by atoms with Gasteiger partial charge in [0, 0.05) is 5.33 Å². The fourth-order valence-electron chi connectivity index (χ4n) is 7.81. The number of ether oxygens (including phenoxy) is 1. The van der Waals surface area contributed by atoms with Crippen LogP contribution in [0.2, 0.25) is 0 Å². The number of hydrogen-bond acceptors (Lipinski definition) is 2. The number of rotatable bonds is 20. The standard InChI is InChI=1S/C30H53BrO2/c1-2-3-4-5-6-10-15-27(29(32)33-19-14-8-7-13-18-31)16-11-9-12-17-30-23-25-20-26(24-30)22-28(30)21-25/h25-28H,2-24H2,1H3. The van der Waals surface area contributed by atoms with Crippen LogP contribution in [0.1, 0.15) is 142 Å². The summed E-state index contributed by atoms with van der Waals surface area (Å²) >= 11 is 3.49. The average Bonchev–Trinajstić information content (AvgIpc) is 3.19. The third kappa shape index (κ3) is 8.84. The quantitative estimate of drug-likeness (QED) is 0.0898. The number of halogens is 1. The van der Waals surface area contributed by atoms with E-state index < -0.39 is 0 Å². The third-order valence-corrected chi connectivity index (χ3v) is 9.96. The van der Waals surface area contributed by atoms with E-state index in [-0.39, 0.29) is 11.9 Å². The molecular weight excluding hydrogens is 472 g/mol. The average molecular weight is 526 g/mol. The van der Waals surface area contributed by atoms with E-state index >= 15 is 0 Å². The van der Waals surface area contributed by atoms with Crippen molar-refractivity contribution in [3.8, 4) is 0 Å². The molecule has 0 spiro atoms. The van der Waals surface area contributed by atoms with Crippen LogP contribution in [0.25, 0.3) is 0 Å². The van der Waals surface area contributed by atoms with Crippen LogP contribution in [-0.4, -0.2) is 17.9 Å². The molecule has 0 amide bonds. The van der Waals surface area contributed by atoms with E-state index in [0.29, 0.717) is 6.61 Å². The first kappa shape index (κ1) is 27.5. The van der Waals surface area contributed by atoms with E-state index in [4.69, 9.17) is 4.74 Å². The van der Waals surface area contributed by atoms with Crippen molar-refractivity contribution >= 4 is 21.9 Å². The summed E-state index contributed by atoms with van der Waals surface area (Å²) in [6.45, 7) is 2.90. The van der Waals surface area contributed by atoms with E-state index in [1.54, 1.807) is 32.1 Å². The largest absolute Gasteiger partial charge is 0.465 e. The summed E-state index contributed by atoms with van der Waals surface area (Å²) in [6.07, 6.45) is 27.7. The Morgan fingerprint density at radius 3 is 2.12 bits per heavy atom. The van der Waals surface area contributed by atoms with Gasteiger partial charge in [0.15, 0.2) is 0 Å². The summed E-state index contributed by atoms with van der Waals surface area (Å²) in [5, 5.41) is 1.08. The van der Waals surface area contributed by atoms with E-state index in [1.807, 2.05) is 0 Å². The molecule has 4 aliphatic carbocycles. The van der Waals surface area contributed by atoms with Crippen LogP contribution < -0.4 is 0 Å². The first-order valence-electron chi connectivity index (χ1n) is 14.9. The molecule has 0 N–H and O–H groups in total. The summed E-state index contributed by atoms with van der Waals surface area (Å²) in [7, 11) is 0. The fourth-order valence-corrected chi connectivity index (χ4v) is 8.21. The van der Waals surface area contributed by atoms with Crippen LogP contribution in [0.15, 0.2) is 0 Å². The molecule has 0 radical (unpaired) electrons. The van der Waals surface area contributed by atoms with Gasteiger partial charge < -0.3 is 4.74 Å². The molecule has 33 heavy (non-hydrogen) atoms. The fraction of sp³-hybridized carbons (Fsp3) is 0.967. The number of carbonyl (C=O) groups excluding carboxylic acids is 1. The van der Waals surface area contributed by atoms with Gasteiger partial charge in [-0.3, -0.25) is 4.79 Å². The van der Waals surface area contributed by atoms with Crippen LogP contribution in [0, 0.1) is 29.1 Å². The molecule has 4 rings (SSSR count). The highest BCUT2D eigenvalue weighted by molar-refractivity contribution is 9.09. The van der Waals surface area contributed by atoms with Crippen LogP contribution in [0.5, 0.6) is 0 Å². The minimum atomic E-state index is 0.106. The topological polar surface area (TPSA) is 26.3 Å². The monoisotopic (exact) mass is 524 g/mol. The second-order valence-corrected chi connectivity index (χ2v) is 12.8. The molecule has 4 bridgehead atoms. The molecule has 4 fully saturated rings. The lowest BCUT2D eigenvalue weighted by Crippen LogP contribution is -2.22. The molecule has 3 heteroatoms. The van der Waals surface area contributed by atoms with Crippen LogP contribution in [-0.2, 0) is 9.53 Å². The molecule has 0 aromatic carbocycles. The smallest absolute Gasteiger partial charge is 0.308 e. The maximum absolute atomic E-state index is 12.8. The Morgan fingerprint density at radius 2 is 1.42 bits per heavy atom. The predicted octanol–water partition coefficient (Wildman–Crippen LogP) is 9.63. The van der Waals surface area contributed by atoms with Gasteiger partial charge >= 0.3 is 5.97 Å². The Hall–Kier alpha value is -0.0500. The highest BCUT2D eigenvalue weighted by atomic mass is 79.9. The number of carbonyl (C=O) groups is 1. The van der Waals surface area contributed by atoms with Crippen molar-refractivity contribution in [1.82, 2.24) is 0 Å². The summed E-state index contributed by atoms with van der Waals surface area (Å²) in [4.78, 5) is 12.8. The van der Waals surface area contributed by atoms with Gasteiger partial charge in [0.25, 0.3) is 0 Å². The van der Waals surface area contributed by atoms with Gasteiger partial charge in [-0.15, -0.1) is 0 Å². The van der Waals surface area contributed by atoms with E-state index in [0.717, 1.165) is 47.8 Å². The molecule has 4 aliphatic rings.